The smallest absolute Gasteiger partial charge is 0.223 e. The number of likely N-dealkylation sites (tertiary alicyclic amines) is 1. The number of imidazole rings is 1. The van der Waals surface area contributed by atoms with Gasteiger partial charge in [-0.05, 0) is 26.2 Å². The van der Waals surface area contributed by atoms with Gasteiger partial charge in [0.15, 0.2) is 0 Å². The third-order valence-electron chi connectivity index (χ3n) is 3.67. The molecular weight excluding hydrogens is 240 g/mol. The predicted octanol–water partition coefficient (Wildman–Crippen LogP) is 1.40. The minimum absolute atomic E-state index is 0.288. The Morgan fingerprint density at radius 1 is 1.37 bits per heavy atom. The number of amides is 1. The van der Waals surface area contributed by atoms with Gasteiger partial charge >= 0.3 is 0 Å². The number of hydrogen-bond acceptors (Lipinski definition) is 3. The van der Waals surface area contributed by atoms with E-state index in [0.29, 0.717) is 6.42 Å². The van der Waals surface area contributed by atoms with Crippen molar-refractivity contribution in [1.82, 2.24) is 19.8 Å². The summed E-state index contributed by atoms with van der Waals surface area (Å²) >= 11 is 0. The van der Waals surface area contributed by atoms with Gasteiger partial charge in [-0.1, -0.05) is 0 Å². The van der Waals surface area contributed by atoms with Crippen LogP contribution < -0.4 is 5.32 Å². The fourth-order valence-corrected chi connectivity index (χ4v) is 2.49. The Kier molecular flexibility index (Phi) is 5.39. The zero-order valence-electron chi connectivity index (χ0n) is 11.8. The lowest BCUT2D eigenvalue weighted by molar-refractivity contribution is -0.131. The summed E-state index contributed by atoms with van der Waals surface area (Å²) in [5.41, 5.74) is 1.17. The molecule has 1 aliphatic rings. The molecule has 1 aromatic heterocycles. The second-order valence-electron chi connectivity index (χ2n) is 5.04. The van der Waals surface area contributed by atoms with Gasteiger partial charge in [-0.2, -0.15) is 0 Å². The van der Waals surface area contributed by atoms with E-state index in [0.717, 1.165) is 45.6 Å². The number of aryl methyl sites for hydroxylation is 1. The molecule has 19 heavy (non-hydrogen) atoms. The van der Waals surface area contributed by atoms with E-state index in [9.17, 15) is 4.79 Å². The van der Waals surface area contributed by atoms with Crippen molar-refractivity contribution >= 4 is 5.91 Å². The number of nitrogens with zero attached hydrogens (tertiary/aromatic N) is 3. The van der Waals surface area contributed by atoms with Gasteiger partial charge in [0.25, 0.3) is 0 Å². The molecule has 0 radical (unpaired) electrons. The van der Waals surface area contributed by atoms with E-state index in [1.54, 1.807) is 0 Å². The third kappa shape index (κ3) is 4.06. The van der Waals surface area contributed by atoms with Crippen LogP contribution in [0.15, 0.2) is 12.5 Å². The Morgan fingerprint density at radius 2 is 2.16 bits per heavy atom. The van der Waals surface area contributed by atoms with Crippen molar-refractivity contribution in [2.75, 3.05) is 19.6 Å². The first kappa shape index (κ1) is 14.1. The van der Waals surface area contributed by atoms with Crippen LogP contribution in [0.25, 0.3) is 0 Å². The monoisotopic (exact) mass is 264 g/mol. The molecular formula is C14H24N4O. The zero-order valence-corrected chi connectivity index (χ0v) is 11.8. The number of nitrogens with one attached hydrogen (secondary N) is 1. The minimum atomic E-state index is 0.288. The molecule has 106 valence electrons. The molecule has 1 saturated heterocycles. The summed E-state index contributed by atoms with van der Waals surface area (Å²) < 4.78 is 2.11. The molecule has 0 spiro atoms. The molecule has 1 aromatic rings. The number of carbonyl (C=O) groups is 1. The van der Waals surface area contributed by atoms with E-state index in [1.165, 1.54) is 12.1 Å². The quantitative estimate of drug-likeness (QED) is 0.790. The Bertz CT molecular complexity index is 396. The highest BCUT2D eigenvalue weighted by Gasteiger charge is 2.15. The third-order valence-corrected chi connectivity index (χ3v) is 3.67. The van der Waals surface area contributed by atoms with Crippen molar-refractivity contribution in [1.29, 1.82) is 0 Å². The predicted molar refractivity (Wildman–Crippen MR) is 74.7 cm³/mol. The van der Waals surface area contributed by atoms with Gasteiger partial charge in [0.2, 0.25) is 5.91 Å². The molecule has 0 saturated carbocycles. The van der Waals surface area contributed by atoms with E-state index in [4.69, 9.17) is 0 Å². The van der Waals surface area contributed by atoms with E-state index < -0.39 is 0 Å². The molecule has 5 nitrogen and oxygen atoms in total. The molecule has 1 amide bonds. The van der Waals surface area contributed by atoms with Crippen LogP contribution in [0.3, 0.4) is 0 Å². The van der Waals surface area contributed by atoms with Gasteiger partial charge in [0, 0.05) is 45.3 Å². The van der Waals surface area contributed by atoms with Crippen LogP contribution in [0.5, 0.6) is 0 Å². The fraction of sp³-hybridized carbons (Fsp3) is 0.714. The molecule has 0 unspecified atom stereocenters. The van der Waals surface area contributed by atoms with Crippen molar-refractivity contribution < 1.29 is 4.79 Å². The summed E-state index contributed by atoms with van der Waals surface area (Å²) in [5.74, 6) is 0.288. The maximum Gasteiger partial charge on any atom is 0.223 e. The fourth-order valence-electron chi connectivity index (χ4n) is 2.49. The van der Waals surface area contributed by atoms with Crippen molar-refractivity contribution in [3.63, 3.8) is 0 Å². The SMILES string of the molecule is CCn1cncc1CNCCC(=O)N1CCCCC1. The first-order chi connectivity index (χ1) is 9.31. The minimum Gasteiger partial charge on any atom is -0.343 e. The molecule has 5 heteroatoms. The van der Waals surface area contributed by atoms with Crippen LogP contribution in [0.1, 0.15) is 38.3 Å². The van der Waals surface area contributed by atoms with Crippen LogP contribution in [0.4, 0.5) is 0 Å². The molecule has 1 N–H and O–H groups in total. The van der Waals surface area contributed by atoms with E-state index in [1.807, 2.05) is 17.4 Å². The van der Waals surface area contributed by atoms with E-state index in [2.05, 4.69) is 21.8 Å². The Balaban J connectivity index is 1.65. The van der Waals surface area contributed by atoms with Gasteiger partial charge in [0.05, 0.1) is 12.0 Å². The topological polar surface area (TPSA) is 50.2 Å². The number of aromatic nitrogens is 2. The van der Waals surface area contributed by atoms with E-state index in [-0.39, 0.29) is 5.91 Å². The van der Waals surface area contributed by atoms with Crippen LogP contribution in [-0.2, 0) is 17.9 Å². The highest BCUT2D eigenvalue weighted by Crippen LogP contribution is 2.09. The van der Waals surface area contributed by atoms with Crippen molar-refractivity contribution in [2.45, 2.75) is 45.7 Å². The van der Waals surface area contributed by atoms with Gasteiger partial charge in [-0.3, -0.25) is 4.79 Å². The average Bonchev–Trinajstić information content (AvgIpc) is 2.91. The normalized spacial score (nSPS) is 15.7. The van der Waals surface area contributed by atoms with Gasteiger partial charge < -0.3 is 14.8 Å². The summed E-state index contributed by atoms with van der Waals surface area (Å²) in [5, 5.41) is 3.32. The molecule has 1 aliphatic heterocycles. The van der Waals surface area contributed by atoms with Gasteiger partial charge in [-0.15, -0.1) is 0 Å². The lowest BCUT2D eigenvalue weighted by Crippen LogP contribution is -2.37. The Hall–Kier alpha value is -1.36. The molecule has 2 heterocycles. The van der Waals surface area contributed by atoms with Gasteiger partial charge in [0.1, 0.15) is 0 Å². The molecule has 0 bridgehead atoms. The Morgan fingerprint density at radius 3 is 2.89 bits per heavy atom. The number of piperidine rings is 1. The molecule has 0 atom stereocenters. The number of carbonyl (C=O) groups excluding carboxylic acids is 1. The van der Waals surface area contributed by atoms with Crippen LogP contribution in [-0.4, -0.2) is 40.0 Å². The first-order valence-corrected chi connectivity index (χ1v) is 7.28. The summed E-state index contributed by atoms with van der Waals surface area (Å²) in [6.07, 6.45) is 7.91. The maximum absolute atomic E-state index is 12.0. The second kappa shape index (κ2) is 7.28. The summed E-state index contributed by atoms with van der Waals surface area (Å²) in [6.45, 7) is 6.45. The first-order valence-electron chi connectivity index (χ1n) is 7.28. The van der Waals surface area contributed by atoms with E-state index >= 15 is 0 Å². The average molecular weight is 264 g/mol. The standard InChI is InChI=1S/C14H24N4O/c1-2-17-12-16-11-13(17)10-15-7-6-14(19)18-8-4-3-5-9-18/h11-12,15H,2-10H2,1H3. The lowest BCUT2D eigenvalue weighted by atomic mass is 10.1. The van der Waals surface area contributed by atoms with Crippen molar-refractivity contribution in [3.8, 4) is 0 Å². The van der Waals surface area contributed by atoms with Crippen molar-refractivity contribution in [3.05, 3.63) is 18.2 Å². The molecule has 0 aliphatic carbocycles. The molecule has 2 rings (SSSR count). The van der Waals surface area contributed by atoms with Crippen LogP contribution >= 0.6 is 0 Å². The lowest BCUT2D eigenvalue weighted by Gasteiger charge is -2.26. The summed E-state index contributed by atoms with van der Waals surface area (Å²) in [7, 11) is 0. The molecule has 1 fully saturated rings. The summed E-state index contributed by atoms with van der Waals surface area (Å²) in [6, 6.07) is 0. The Labute approximate surface area is 115 Å². The zero-order chi connectivity index (χ0) is 13.5. The number of hydrogen-bond donors (Lipinski definition) is 1. The number of rotatable bonds is 6. The highest BCUT2D eigenvalue weighted by atomic mass is 16.2. The largest absolute Gasteiger partial charge is 0.343 e. The second-order valence-corrected chi connectivity index (χ2v) is 5.04. The van der Waals surface area contributed by atoms with Crippen molar-refractivity contribution in [2.24, 2.45) is 0 Å². The maximum atomic E-state index is 12.0. The summed E-state index contributed by atoms with van der Waals surface area (Å²) in [4.78, 5) is 18.1. The highest BCUT2D eigenvalue weighted by molar-refractivity contribution is 5.76. The van der Waals surface area contributed by atoms with Crippen LogP contribution in [0.2, 0.25) is 0 Å². The molecule has 0 aromatic carbocycles. The van der Waals surface area contributed by atoms with Crippen LogP contribution in [0, 0.1) is 0 Å². The van der Waals surface area contributed by atoms with Gasteiger partial charge in [-0.25, -0.2) is 4.98 Å².